The minimum absolute atomic E-state index is 0.00256. The summed E-state index contributed by atoms with van der Waals surface area (Å²) in [5, 5.41) is 11.5. The molecule has 0 radical (unpaired) electrons. The third-order valence-corrected chi connectivity index (χ3v) is 2.57. The number of nitrogen functional groups attached to an aromatic ring is 1. The highest BCUT2D eigenvalue weighted by atomic mass is 19.1. The molecule has 1 aromatic carbocycles. The lowest BCUT2D eigenvalue weighted by atomic mass is 10.1. The molecule has 0 saturated carbocycles. The molecule has 0 fully saturated rings. The van der Waals surface area contributed by atoms with Crippen LogP contribution < -0.4 is 11.1 Å². The predicted molar refractivity (Wildman–Crippen MR) is 64.1 cm³/mol. The first-order valence-corrected chi connectivity index (χ1v) is 5.55. The summed E-state index contributed by atoms with van der Waals surface area (Å²) in [4.78, 5) is 11.8. The van der Waals surface area contributed by atoms with Crippen LogP contribution in [0, 0.1) is 5.82 Å². The first-order chi connectivity index (χ1) is 8.08. The maximum Gasteiger partial charge on any atom is 0.253 e. The smallest absolute Gasteiger partial charge is 0.253 e. The Kier molecular flexibility index (Phi) is 4.90. The lowest BCUT2D eigenvalue weighted by Crippen LogP contribution is -2.35. The summed E-state index contributed by atoms with van der Waals surface area (Å²) in [7, 11) is 0. The van der Waals surface area contributed by atoms with Crippen LogP contribution in [0.1, 0.15) is 30.1 Å². The monoisotopic (exact) mass is 240 g/mol. The maximum atomic E-state index is 13.0. The van der Waals surface area contributed by atoms with Crippen molar-refractivity contribution in [1.29, 1.82) is 0 Å². The van der Waals surface area contributed by atoms with E-state index in [1.54, 1.807) is 0 Å². The molecule has 0 aliphatic carbocycles. The van der Waals surface area contributed by atoms with E-state index in [9.17, 15) is 9.18 Å². The van der Waals surface area contributed by atoms with Crippen molar-refractivity contribution >= 4 is 11.6 Å². The number of aliphatic hydroxyl groups excluding tert-OH is 1. The van der Waals surface area contributed by atoms with Crippen LogP contribution in [0.2, 0.25) is 0 Å². The first-order valence-electron chi connectivity index (χ1n) is 5.55. The normalized spacial score (nSPS) is 12.2. The maximum absolute atomic E-state index is 13.0. The van der Waals surface area contributed by atoms with Gasteiger partial charge in [-0.2, -0.15) is 0 Å². The lowest BCUT2D eigenvalue weighted by Gasteiger charge is -2.16. The molecular formula is C12H17FN2O2. The number of nitrogens with one attached hydrogen (secondary N) is 1. The van der Waals surface area contributed by atoms with Gasteiger partial charge < -0.3 is 16.2 Å². The van der Waals surface area contributed by atoms with Gasteiger partial charge in [0.25, 0.3) is 5.91 Å². The molecule has 5 heteroatoms. The Morgan fingerprint density at radius 2 is 2.29 bits per heavy atom. The third kappa shape index (κ3) is 3.71. The Hall–Kier alpha value is -1.62. The summed E-state index contributed by atoms with van der Waals surface area (Å²) in [5.74, 6) is -0.915. The minimum atomic E-state index is -0.500. The molecule has 4 N–H and O–H groups in total. The highest BCUT2D eigenvalue weighted by Crippen LogP contribution is 2.13. The Labute approximate surface area is 99.6 Å². The van der Waals surface area contributed by atoms with Gasteiger partial charge in [-0.15, -0.1) is 0 Å². The average molecular weight is 240 g/mol. The quantitative estimate of drug-likeness (QED) is 0.679. The van der Waals surface area contributed by atoms with Crippen LogP contribution in [0.3, 0.4) is 0 Å². The number of anilines is 1. The molecule has 1 amide bonds. The van der Waals surface area contributed by atoms with E-state index < -0.39 is 11.7 Å². The highest BCUT2D eigenvalue weighted by Gasteiger charge is 2.14. The van der Waals surface area contributed by atoms with E-state index in [4.69, 9.17) is 10.8 Å². The molecule has 0 aromatic heterocycles. The summed E-state index contributed by atoms with van der Waals surface area (Å²) in [5.41, 5.74) is 5.97. The number of hydrogen-bond acceptors (Lipinski definition) is 3. The van der Waals surface area contributed by atoms with Crippen molar-refractivity contribution in [2.24, 2.45) is 0 Å². The van der Waals surface area contributed by atoms with Crippen molar-refractivity contribution in [3.05, 3.63) is 29.6 Å². The number of halogens is 1. The van der Waals surface area contributed by atoms with Gasteiger partial charge >= 0.3 is 0 Å². The predicted octanol–water partition coefficient (Wildman–Crippen LogP) is 1.30. The topological polar surface area (TPSA) is 75.3 Å². The molecule has 0 bridgehead atoms. The molecule has 1 atom stereocenters. The molecule has 94 valence electrons. The van der Waals surface area contributed by atoms with Gasteiger partial charge in [0.15, 0.2) is 0 Å². The summed E-state index contributed by atoms with van der Waals surface area (Å²) in [6, 6.07) is 3.54. The average Bonchev–Trinajstić information content (AvgIpc) is 2.31. The molecule has 1 rings (SSSR count). The summed E-state index contributed by atoms with van der Waals surface area (Å²) < 4.78 is 13.0. The van der Waals surface area contributed by atoms with E-state index in [2.05, 4.69) is 5.32 Å². The van der Waals surface area contributed by atoms with Crippen LogP contribution in [0.4, 0.5) is 10.1 Å². The highest BCUT2D eigenvalue weighted by molar-refractivity contribution is 5.99. The summed E-state index contributed by atoms with van der Waals surface area (Å²) >= 11 is 0. The van der Waals surface area contributed by atoms with Crippen molar-refractivity contribution in [3.8, 4) is 0 Å². The molecule has 1 unspecified atom stereocenters. The minimum Gasteiger partial charge on any atom is -0.398 e. The van der Waals surface area contributed by atoms with E-state index in [0.29, 0.717) is 12.8 Å². The molecule has 0 saturated heterocycles. The van der Waals surface area contributed by atoms with Crippen molar-refractivity contribution in [2.75, 3.05) is 12.3 Å². The number of carbonyl (C=O) groups is 1. The number of hydrogen-bond donors (Lipinski definition) is 3. The van der Waals surface area contributed by atoms with E-state index >= 15 is 0 Å². The van der Waals surface area contributed by atoms with Crippen LogP contribution >= 0.6 is 0 Å². The standard InChI is InChI=1S/C12H17FN2O2/c1-2-9(5-6-16)15-12(17)10-7-8(13)3-4-11(10)14/h3-4,7,9,16H,2,5-6,14H2,1H3,(H,15,17). The van der Waals surface area contributed by atoms with Gasteiger partial charge in [-0.25, -0.2) is 4.39 Å². The van der Waals surface area contributed by atoms with Crippen LogP contribution in [-0.2, 0) is 0 Å². The number of nitrogens with two attached hydrogens (primary N) is 1. The van der Waals surface area contributed by atoms with Crippen molar-refractivity contribution in [3.63, 3.8) is 0 Å². The lowest BCUT2D eigenvalue weighted by molar-refractivity contribution is 0.0929. The number of carbonyl (C=O) groups excluding carboxylic acids is 1. The van der Waals surface area contributed by atoms with Crippen molar-refractivity contribution in [1.82, 2.24) is 5.32 Å². The fourth-order valence-corrected chi connectivity index (χ4v) is 1.52. The zero-order valence-corrected chi connectivity index (χ0v) is 9.74. The fraction of sp³-hybridized carbons (Fsp3) is 0.417. The second kappa shape index (κ2) is 6.20. The van der Waals surface area contributed by atoms with E-state index in [-0.39, 0.29) is 23.9 Å². The zero-order valence-electron chi connectivity index (χ0n) is 9.74. The largest absolute Gasteiger partial charge is 0.398 e. The van der Waals surface area contributed by atoms with Gasteiger partial charge in [0.2, 0.25) is 0 Å². The van der Waals surface area contributed by atoms with Crippen molar-refractivity contribution in [2.45, 2.75) is 25.8 Å². The number of amides is 1. The van der Waals surface area contributed by atoms with Gasteiger partial charge in [0, 0.05) is 18.3 Å². The molecule has 0 aliphatic heterocycles. The Balaban J connectivity index is 2.78. The second-order valence-corrected chi connectivity index (χ2v) is 3.82. The van der Waals surface area contributed by atoms with Crippen LogP contribution in [0.15, 0.2) is 18.2 Å². The van der Waals surface area contributed by atoms with E-state index in [1.165, 1.54) is 12.1 Å². The Bertz CT molecular complexity index is 396. The Morgan fingerprint density at radius 3 is 2.88 bits per heavy atom. The Morgan fingerprint density at radius 1 is 1.59 bits per heavy atom. The number of rotatable bonds is 5. The molecule has 4 nitrogen and oxygen atoms in total. The van der Waals surface area contributed by atoms with Crippen LogP contribution in [0.25, 0.3) is 0 Å². The molecular weight excluding hydrogens is 223 g/mol. The number of benzene rings is 1. The van der Waals surface area contributed by atoms with Crippen LogP contribution in [-0.4, -0.2) is 23.7 Å². The van der Waals surface area contributed by atoms with Crippen LogP contribution in [0.5, 0.6) is 0 Å². The molecule has 0 heterocycles. The number of aliphatic hydroxyl groups is 1. The van der Waals surface area contributed by atoms with Gasteiger partial charge in [-0.3, -0.25) is 4.79 Å². The molecule has 1 aromatic rings. The molecule has 0 aliphatic rings. The molecule has 0 spiro atoms. The fourth-order valence-electron chi connectivity index (χ4n) is 1.52. The van der Waals surface area contributed by atoms with E-state index in [0.717, 1.165) is 6.07 Å². The van der Waals surface area contributed by atoms with Gasteiger partial charge in [0.05, 0.1) is 5.56 Å². The van der Waals surface area contributed by atoms with Gasteiger partial charge in [-0.05, 0) is 31.0 Å². The third-order valence-electron chi connectivity index (χ3n) is 2.57. The van der Waals surface area contributed by atoms with Crippen molar-refractivity contribution < 1.29 is 14.3 Å². The SMILES string of the molecule is CCC(CCO)NC(=O)c1cc(F)ccc1N. The summed E-state index contributed by atoms with van der Waals surface area (Å²) in [6.07, 6.45) is 1.17. The second-order valence-electron chi connectivity index (χ2n) is 3.82. The molecule has 17 heavy (non-hydrogen) atoms. The zero-order chi connectivity index (χ0) is 12.8. The van der Waals surface area contributed by atoms with Gasteiger partial charge in [-0.1, -0.05) is 6.92 Å². The first kappa shape index (κ1) is 13.4. The van der Waals surface area contributed by atoms with E-state index in [1.807, 2.05) is 6.92 Å². The summed E-state index contributed by atoms with van der Waals surface area (Å²) in [6.45, 7) is 1.90. The van der Waals surface area contributed by atoms with Gasteiger partial charge in [0.1, 0.15) is 5.82 Å².